The van der Waals surface area contributed by atoms with Crippen LogP contribution < -0.4 is 5.32 Å². The number of benzene rings is 1. The van der Waals surface area contributed by atoms with E-state index < -0.39 is 0 Å². The van der Waals surface area contributed by atoms with E-state index in [1.807, 2.05) is 0 Å². The van der Waals surface area contributed by atoms with E-state index in [4.69, 9.17) is 4.74 Å². The molecule has 3 unspecified atom stereocenters. The number of hydrogen-bond donors (Lipinski definition) is 1. The second-order valence-electron chi connectivity index (χ2n) is 5.02. The van der Waals surface area contributed by atoms with Crippen LogP contribution in [-0.2, 0) is 4.74 Å². The molecule has 1 fully saturated rings. The van der Waals surface area contributed by atoms with Gasteiger partial charge in [-0.2, -0.15) is 0 Å². The molecule has 1 aliphatic rings. The molecule has 1 saturated heterocycles. The molecule has 0 aromatic heterocycles. The minimum atomic E-state index is 0.381. The van der Waals surface area contributed by atoms with Crippen molar-refractivity contribution in [2.75, 3.05) is 6.61 Å². The van der Waals surface area contributed by atoms with Gasteiger partial charge in [-0.25, -0.2) is 0 Å². The Kier molecular flexibility index (Phi) is 5.22. The quantitative estimate of drug-likeness (QED) is 0.885. The molecule has 1 N–H and O–H groups in total. The molecule has 1 heterocycles. The van der Waals surface area contributed by atoms with E-state index in [0.29, 0.717) is 18.2 Å². The zero-order valence-corrected chi connectivity index (χ0v) is 12.7. The van der Waals surface area contributed by atoms with E-state index in [1.165, 1.54) is 18.4 Å². The van der Waals surface area contributed by atoms with Crippen molar-refractivity contribution in [3.05, 3.63) is 34.3 Å². The van der Waals surface area contributed by atoms with Crippen molar-refractivity contribution in [1.82, 2.24) is 5.32 Å². The van der Waals surface area contributed by atoms with Gasteiger partial charge in [-0.3, -0.25) is 0 Å². The highest BCUT2D eigenvalue weighted by Crippen LogP contribution is 2.23. The van der Waals surface area contributed by atoms with Crippen LogP contribution in [0.1, 0.15) is 44.7 Å². The summed E-state index contributed by atoms with van der Waals surface area (Å²) in [6.45, 7) is 5.38. The number of nitrogens with one attached hydrogen (secondary N) is 1. The molecule has 1 aliphatic heterocycles. The summed E-state index contributed by atoms with van der Waals surface area (Å²) >= 11 is 3.54. The Bertz CT molecular complexity index is 377. The predicted octanol–water partition coefficient (Wildman–Crippen LogP) is 4.06. The summed E-state index contributed by atoms with van der Waals surface area (Å²) in [6.07, 6.45) is 3.85. The van der Waals surface area contributed by atoms with Crippen LogP contribution in [0, 0.1) is 0 Å². The van der Waals surface area contributed by atoms with Crippen molar-refractivity contribution >= 4 is 15.9 Å². The molecule has 1 aromatic carbocycles. The summed E-state index contributed by atoms with van der Waals surface area (Å²) < 4.78 is 6.89. The smallest absolute Gasteiger partial charge is 0.0726 e. The lowest BCUT2D eigenvalue weighted by Crippen LogP contribution is -2.39. The summed E-state index contributed by atoms with van der Waals surface area (Å²) in [4.78, 5) is 0. The molecule has 0 aliphatic carbocycles. The first-order chi connectivity index (χ1) is 8.70. The highest BCUT2D eigenvalue weighted by atomic mass is 79.9. The molecular weight excluding hydrogens is 290 g/mol. The third-order valence-corrected chi connectivity index (χ3v) is 4.14. The van der Waals surface area contributed by atoms with Gasteiger partial charge in [-0.05, 0) is 43.9 Å². The molecule has 3 heteroatoms. The second kappa shape index (κ2) is 6.69. The van der Waals surface area contributed by atoms with Crippen molar-refractivity contribution in [2.24, 2.45) is 0 Å². The van der Waals surface area contributed by atoms with E-state index in [1.54, 1.807) is 0 Å². The Labute approximate surface area is 118 Å². The molecule has 3 atom stereocenters. The van der Waals surface area contributed by atoms with Crippen molar-refractivity contribution in [3.8, 4) is 0 Å². The highest BCUT2D eigenvalue weighted by molar-refractivity contribution is 9.10. The van der Waals surface area contributed by atoms with Gasteiger partial charge in [-0.1, -0.05) is 35.0 Å². The minimum absolute atomic E-state index is 0.381. The zero-order chi connectivity index (χ0) is 13.0. The summed E-state index contributed by atoms with van der Waals surface area (Å²) in [5.41, 5.74) is 1.34. The summed E-state index contributed by atoms with van der Waals surface area (Å²) in [7, 11) is 0. The Morgan fingerprint density at radius 1 is 1.50 bits per heavy atom. The molecule has 0 radical (unpaired) electrons. The summed E-state index contributed by atoms with van der Waals surface area (Å²) in [6, 6.07) is 9.37. The lowest BCUT2D eigenvalue weighted by Gasteiger charge is -2.26. The number of hydrogen-bond acceptors (Lipinski definition) is 2. The molecule has 0 bridgehead atoms. The fourth-order valence-corrected chi connectivity index (χ4v) is 3.01. The molecule has 2 rings (SSSR count). The monoisotopic (exact) mass is 311 g/mol. The molecule has 100 valence electrons. The maximum Gasteiger partial charge on any atom is 0.0726 e. The molecule has 0 amide bonds. The van der Waals surface area contributed by atoms with E-state index in [9.17, 15) is 0 Å². The topological polar surface area (TPSA) is 21.3 Å². The lowest BCUT2D eigenvalue weighted by molar-refractivity contribution is 0.0794. The van der Waals surface area contributed by atoms with Crippen molar-refractivity contribution in [1.29, 1.82) is 0 Å². The lowest BCUT2D eigenvalue weighted by atomic mass is 10.0. The average molecular weight is 312 g/mol. The van der Waals surface area contributed by atoms with Gasteiger partial charge in [0.15, 0.2) is 0 Å². The van der Waals surface area contributed by atoms with Gasteiger partial charge in [0.05, 0.1) is 6.10 Å². The number of rotatable bonds is 5. The minimum Gasteiger partial charge on any atom is -0.377 e. The average Bonchev–Trinajstić information content (AvgIpc) is 2.89. The fourth-order valence-electron chi connectivity index (χ4n) is 2.59. The van der Waals surface area contributed by atoms with Gasteiger partial charge < -0.3 is 10.1 Å². The normalized spacial score (nSPS) is 22.9. The molecule has 1 aromatic rings. The highest BCUT2D eigenvalue weighted by Gasteiger charge is 2.24. The third kappa shape index (κ3) is 3.56. The fraction of sp³-hybridized carbons (Fsp3) is 0.600. The van der Waals surface area contributed by atoms with Crippen LogP contribution in [0.5, 0.6) is 0 Å². The first-order valence-corrected chi connectivity index (χ1v) is 7.63. The SMILES string of the molecule is CCC(NC(C)C1CCCO1)c1cccc(Br)c1. The van der Waals surface area contributed by atoms with Gasteiger partial charge >= 0.3 is 0 Å². The van der Waals surface area contributed by atoms with E-state index in [2.05, 4.69) is 59.4 Å². The second-order valence-corrected chi connectivity index (χ2v) is 5.94. The van der Waals surface area contributed by atoms with Crippen molar-refractivity contribution < 1.29 is 4.74 Å². The van der Waals surface area contributed by atoms with Gasteiger partial charge in [0.1, 0.15) is 0 Å². The van der Waals surface area contributed by atoms with Crippen LogP contribution in [-0.4, -0.2) is 18.8 Å². The van der Waals surface area contributed by atoms with Crippen LogP contribution in [0.25, 0.3) is 0 Å². The van der Waals surface area contributed by atoms with Crippen molar-refractivity contribution in [3.63, 3.8) is 0 Å². The van der Waals surface area contributed by atoms with Crippen LogP contribution in [0.4, 0.5) is 0 Å². The van der Waals surface area contributed by atoms with Crippen LogP contribution in [0.3, 0.4) is 0 Å². The third-order valence-electron chi connectivity index (χ3n) is 3.65. The van der Waals surface area contributed by atoms with Crippen LogP contribution in [0.2, 0.25) is 0 Å². The largest absolute Gasteiger partial charge is 0.377 e. The summed E-state index contributed by atoms with van der Waals surface area (Å²) in [5, 5.41) is 3.71. The standard InChI is InChI=1S/C15H22BrNO/c1-3-14(12-6-4-7-13(16)10-12)17-11(2)15-8-5-9-18-15/h4,6-7,10-11,14-15,17H,3,5,8-9H2,1-2H3. The van der Waals surface area contributed by atoms with Crippen LogP contribution in [0.15, 0.2) is 28.7 Å². The van der Waals surface area contributed by atoms with E-state index in [0.717, 1.165) is 17.5 Å². The number of ether oxygens (including phenoxy) is 1. The summed E-state index contributed by atoms with van der Waals surface area (Å²) in [5.74, 6) is 0. The van der Waals surface area contributed by atoms with Crippen LogP contribution >= 0.6 is 15.9 Å². The maximum atomic E-state index is 5.75. The van der Waals surface area contributed by atoms with Gasteiger partial charge in [-0.15, -0.1) is 0 Å². The Hall–Kier alpha value is -0.380. The van der Waals surface area contributed by atoms with E-state index >= 15 is 0 Å². The number of halogens is 1. The first kappa shape index (κ1) is 14.0. The van der Waals surface area contributed by atoms with Crippen molar-refractivity contribution in [2.45, 2.75) is 51.3 Å². The molecule has 0 saturated carbocycles. The molecular formula is C15H22BrNO. The van der Waals surface area contributed by atoms with Gasteiger partial charge in [0.2, 0.25) is 0 Å². The molecule has 18 heavy (non-hydrogen) atoms. The Morgan fingerprint density at radius 3 is 2.94 bits per heavy atom. The van der Waals surface area contributed by atoms with Gasteiger partial charge in [0.25, 0.3) is 0 Å². The van der Waals surface area contributed by atoms with E-state index in [-0.39, 0.29) is 0 Å². The predicted molar refractivity (Wildman–Crippen MR) is 78.7 cm³/mol. The van der Waals surface area contributed by atoms with Gasteiger partial charge in [0, 0.05) is 23.2 Å². The molecule has 2 nitrogen and oxygen atoms in total. The Balaban J connectivity index is 2.00. The maximum absolute atomic E-state index is 5.75. The zero-order valence-electron chi connectivity index (χ0n) is 11.2. The molecule has 0 spiro atoms. The first-order valence-electron chi connectivity index (χ1n) is 6.84. The Morgan fingerprint density at radius 2 is 2.33 bits per heavy atom.